The number of aromatic hydroxyl groups is 1. The molecule has 2 saturated carbocycles. The number of piperidine rings is 1. The van der Waals surface area contributed by atoms with Gasteiger partial charge >= 0.3 is 0 Å². The Kier molecular flexibility index (Phi) is 3.37. The molecule has 0 unspecified atom stereocenters. The molecule has 2 N–H and O–H groups in total. The smallest absolute Gasteiger partial charge is 0.166 e. The van der Waals surface area contributed by atoms with Crippen LogP contribution in [0.2, 0.25) is 0 Å². The van der Waals surface area contributed by atoms with E-state index in [0.29, 0.717) is 5.75 Å². The molecular formula is C21H26ClNO3. The molecule has 26 heavy (non-hydrogen) atoms. The van der Waals surface area contributed by atoms with Crippen LogP contribution in [-0.4, -0.2) is 45.9 Å². The SMILES string of the molecule is C=C1CC[C@@]2(O)[C@@H]3Cc4ccc(O)c5c4[C@@]2(CCN3CC2CC2)[C@H]1O5.Cl. The van der Waals surface area contributed by atoms with Crippen LogP contribution in [0.15, 0.2) is 24.3 Å². The third-order valence-electron chi connectivity index (χ3n) is 7.71. The standard InChI is InChI=1S/C21H25NO3.ClH/c1-12-6-7-21(24)16-10-14-4-5-15(23)18-17(14)20(21,19(12)25-18)8-9-22(16)11-13-2-3-13;/h4-5,13,16,19,23-24H,1-3,6-11H2;1H/t16-,19-,20-,21+;/m0./s1. The highest BCUT2D eigenvalue weighted by molar-refractivity contribution is 5.85. The second-order valence-corrected chi connectivity index (χ2v) is 8.91. The molecule has 1 aromatic rings. The molecule has 0 amide bonds. The number of hydrogen-bond donors (Lipinski definition) is 2. The third-order valence-corrected chi connectivity index (χ3v) is 7.71. The van der Waals surface area contributed by atoms with Gasteiger partial charge in [0.25, 0.3) is 0 Å². The average molecular weight is 376 g/mol. The quantitative estimate of drug-likeness (QED) is 0.780. The summed E-state index contributed by atoms with van der Waals surface area (Å²) in [7, 11) is 0. The Morgan fingerprint density at radius 1 is 1.27 bits per heavy atom. The number of phenolic OH excluding ortho intramolecular Hbond substituents is 1. The molecule has 1 saturated heterocycles. The van der Waals surface area contributed by atoms with Gasteiger partial charge in [0.05, 0.1) is 11.0 Å². The molecule has 1 spiro atoms. The fourth-order valence-electron chi connectivity index (χ4n) is 6.39. The molecular weight excluding hydrogens is 350 g/mol. The molecule has 140 valence electrons. The highest BCUT2D eigenvalue weighted by Gasteiger charge is 2.71. The summed E-state index contributed by atoms with van der Waals surface area (Å²) in [5.41, 5.74) is 2.21. The van der Waals surface area contributed by atoms with Crippen molar-refractivity contribution in [2.24, 2.45) is 5.92 Å². The van der Waals surface area contributed by atoms with E-state index in [1.165, 1.54) is 18.4 Å². The van der Waals surface area contributed by atoms with Gasteiger partial charge in [-0.05, 0) is 68.2 Å². The summed E-state index contributed by atoms with van der Waals surface area (Å²) in [6.45, 7) is 6.40. The van der Waals surface area contributed by atoms with E-state index in [9.17, 15) is 10.2 Å². The number of ether oxygens (including phenoxy) is 1. The second kappa shape index (κ2) is 5.18. The molecule has 1 aromatic carbocycles. The second-order valence-electron chi connectivity index (χ2n) is 8.91. The Labute approximate surface area is 160 Å². The highest BCUT2D eigenvalue weighted by Crippen LogP contribution is 2.66. The normalized spacial score (nSPS) is 39.8. The van der Waals surface area contributed by atoms with E-state index in [-0.39, 0.29) is 30.3 Å². The molecule has 3 aliphatic carbocycles. The Hall–Kier alpha value is -1.23. The summed E-state index contributed by atoms with van der Waals surface area (Å²) in [4.78, 5) is 2.56. The van der Waals surface area contributed by atoms with Crippen molar-refractivity contribution >= 4 is 12.4 Å². The van der Waals surface area contributed by atoms with Crippen LogP contribution in [0, 0.1) is 5.92 Å². The zero-order chi connectivity index (χ0) is 17.0. The molecule has 5 heteroatoms. The van der Waals surface area contributed by atoms with Crippen molar-refractivity contribution in [3.8, 4) is 11.5 Å². The van der Waals surface area contributed by atoms with E-state index < -0.39 is 11.0 Å². The fourth-order valence-corrected chi connectivity index (χ4v) is 6.39. The van der Waals surface area contributed by atoms with Crippen molar-refractivity contribution in [3.05, 3.63) is 35.4 Å². The lowest BCUT2D eigenvalue weighted by Crippen LogP contribution is -2.75. The maximum Gasteiger partial charge on any atom is 0.166 e. The predicted molar refractivity (Wildman–Crippen MR) is 101 cm³/mol. The van der Waals surface area contributed by atoms with E-state index in [1.54, 1.807) is 6.07 Å². The Morgan fingerprint density at radius 2 is 2.08 bits per heavy atom. The first-order valence-corrected chi connectivity index (χ1v) is 9.71. The summed E-state index contributed by atoms with van der Waals surface area (Å²) >= 11 is 0. The van der Waals surface area contributed by atoms with Gasteiger partial charge in [-0.3, -0.25) is 4.90 Å². The third kappa shape index (κ3) is 1.78. The summed E-state index contributed by atoms with van der Waals surface area (Å²) < 4.78 is 6.29. The van der Waals surface area contributed by atoms with Gasteiger partial charge in [-0.25, -0.2) is 0 Å². The largest absolute Gasteiger partial charge is 0.504 e. The summed E-state index contributed by atoms with van der Waals surface area (Å²) in [6.07, 6.45) is 5.79. The lowest BCUT2D eigenvalue weighted by molar-refractivity contribution is -0.174. The minimum absolute atomic E-state index is 0. The zero-order valence-corrected chi connectivity index (χ0v) is 15.7. The van der Waals surface area contributed by atoms with E-state index in [2.05, 4.69) is 11.5 Å². The fraction of sp³-hybridized carbons (Fsp3) is 0.619. The van der Waals surface area contributed by atoms with Crippen LogP contribution in [-0.2, 0) is 11.8 Å². The number of likely N-dealkylation sites (tertiary alicyclic amines) is 1. The number of nitrogens with zero attached hydrogens (tertiary/aromatic N) is 1. The number of benzene rings is 1. The van der Waals surface area contributed by atoms with E-state index in [4.69, 9.17) is 4.74 Å². The molecule has 6 rings (SSSR count). The van der Waals surface area contributed by atoms with Gasteiger partial charge in [-0.1, -0.05) is 12.6 Å². The monoisotopic (exact) mass is 375 g/mol. The van der Waals surface area contributed by atoms with Crippen molar-refractivity contribution in [3.63, 3.8) is 0 Å². The van der Waals surface area contributed by atoms with Crippen molar-refractivity contribution in [2.75, 3.05) is 13.1 Å². The average Bonchev–Trinajstić information content (AvgIpc) is 3.32. The first kappa shape index (κ1) is 16.9. The van der Waals surface area contributed by atoms with Gasteiger partial charge in [0.1, 0.15) is 6.10 Å². The Morgan fingerprint density at radius 3 is 2.85 bits per heavy atom. The molecule has 0 aromatic heterocycles. The summed E-state index contributed by atoms with van der Waals surface area (Å²) in [5.74, 6) is 1.64. The van der Waals surface area contributed by atoms with Crippen molar-refractivity contribution < 1.29 is 14.9 Å². The molecule has 0 radical (unpaired) electrons. The minimum Gasteiger partial charge on any atom is -0.504 e. The van der Waals surface area contributed by atoms with E-state index >= 15 is 0 Å². The molecule has 5 aliphatic rings. The van der Waals surface area contributed by atoms with Crippen LogP contribution in [0.5, 0.6) is 11.5 Å². The van der Waals surface area contributed by atoms with Gasteiger partial charge in [0.15, 0.2) is 11.5 Å². The highest BCUT2D eigenvalue weighted by atomic mass is 35.5. The van der Waals surface area contributed by atoms with Crippen LogP contribution < -0.4 is 4.74 Å². The maximum atomic E-state index is 12.1. The van der Waals surface area contributed by atoms with Crippen LogP contribution >= 0.6 is 12.4 Å². The molecule has 2 aliphatic heterocycles. The van der Waals surface area contributed by atoms with E-state index in [0.717, 1.165) is 55.8 Å². The van der Waals surface area contributed by atoms with Gasteiger partial charge in [-0.2, -0.15) is 0 Å². The zero-order valence-electron chi connectivity index (χ0n) is 14.9. The van der Waals surface area contributed by atoms with Gasteiger partial charge < -0.3 is 14.9 Å². The lowest BCUT2D eigenvalue weighted by Gasteiger charge is -2.63. The lowest BCUT2D eigenvalue weighted by atomic mass is 9.48. The van der Waals surface area contributed by atoms with Crippen molar-refractivity contribution in [1.29, 1.82) is 0 Å². The number of aliphatic hydroxyl groups is 1. The van der Waals surface area contributed by atoms with Gasteiger partial charge in [-0.15, -0.1) is 12.4 Å². The summed E-state index contributed by atoms with van der Waals surface area (Å²) in [5, 5.41) is 22.5. The first-order valence-electron chi connectivity index (χ1n) is 9.71. The van der Waals surface area contributed by atoms with E-state index in [1.807, 2.05) is 6.07 Å². The maximum absolute atomic E-state index is 12.1. The minimum atomic E-state index is -0.780. The van der Waals surface area contributed by atoms with Crippen molar-refractivity contribution in [2.45, 2.75) is 61.7 Å². The molecule has 4 nitrogen and oxygen atoms in total. The molecule has 4 atom stereocenters. The molecule has 3 fully saturated rings. The summed E-state index contributed by atoms with van der Waals surface area (Å²) in [6, 6.07) is 3.96. The number of rotatable bonds is 2. The number of halogens is 1. The topological polar surface area (TPSA) is 52.9 Å². The Balaban J connectivity index is 0.00000150. The Bertz CT molecular complexity index is 807. The van der Waals surface area contributed by atoms with Crippen LogP contribution in [0.3, 0.4) is 0 Å². The van der Waals surface area contributed by atoms with Gasteiger partial charge in [0.2, 0.25) is 0 Å². The predicted octanol–water partition coefficient (Wildman–Crippen LogP) is 2.93. The number of phenols is 1. The van der Waals surface area contributed by atoms with Gasteiger partial charge in [0, 0.05) is 18.2 Å². The number of hydrogen-bond acceptors (Lipinski definition) is 4. The molecule has 2 heterocycles. The van der Waals surface area contributed by atoms with Crippen molar-refractivity contribution in [1.82, 2.24) is 4.90 Å². The van der Waals surface area contributed by atoms with Crippen LogP contribution in [0.25, 0.3) is 0 Å². The van der Waals surface area contributed by atoms with Crippen LogP contribution in [0.1, 0.15) is 43.2 Å². The first-order chi connectivity index (χ1) is 12.0. The molecule has 2 bridgehead atoms. The van der Waals surface area contributed by atoms with Crippen LogP contribution in [0.4, 0.5) is 0 Å².